The Balaban J connectivity index is 1.75. The van der Waals surface area contributed by atoms with Crippen LogP contribution in [0.2, 0.25) is 0 Å². The van der Waals surface area contributed by atoms with Gasteiger partial charge < -0.3 is 19.1 Å². The first-order valence-corrected chi connectivity index (χ1v) is 7.51. The summed E-state index contributed by atoms with van der Waals surface area (Å²) in [5, 5.41) is 0. The molecule has 23 heavy (non-hydrogen) atoms. The molecule has 1 spiro atoms. The van der Waals surface area contributed by atoms with E-state index in [1.807, 2.05) is 30.4 Å². The van der Waals surface area contributed by atoms with Crippen molar-refractivity contribution in [3.63, 3.8) is 0 Å². The maximum absolute atomic E-state index is 13.0. The number of esters is 1. The Morgan fingerprint density at radius 1 is 1.35 bits per heavy atom. The second kappa shape index (κ2) is 4.83. The van der Waals surface area contributed by atoms with E-state index < -0.39 is 23.4 Å². The zero-order chi connectivity index (χ0) is 16.2. The summed E-state index contributed by atoms with van der Waals surface area (Å²) in [7, 11) is 2.90. The molecule has 0 aromatic heterocycles. The van der Waals surface area contributed by atoms with Gasteiger partial charge in [0, 0.05) is 0 Å². The van der Waals surface area contributed by atoms with Crippen LogP contribution in [0.3, 0.4) is 0 Å². The molecule has 1 amide bonds. The van der Waals surface area contributed by atoms with Crippen LogP contribution in [0, 0.1) is 11.8 Å². The van der Waals surface area contributed by atoms with Gasteiger partial charge in [-0.2, -0.15) is 0 Å². The van der Waals surface area contributed by atoms with Crippen molar-refractivity contribution in [3.8, 4) is 5.75 Å². The van der Waals surface area contributed by atoms with Crippen molar-refractivity contribution in [1.82, 2.24) is 0 Å². The molecule has 6 heteroatoms. The number of carbonyl (C=O) groups is 2. The Bertz CT molecular complexity index is 715. The van der Waals surface area contributed by atoms with Gasteiger partial charge in [-0.15, -0.1) is 0 Å². The highest BCUT2D eigenvalue weighted by Gasteiger charge is 2.67. The monoisotopic (exact) mass is 315 g/mol. The Kier molecular flexibility index (Phi) is 2.99. The normalized spacial score (nSPS) is 33.9. The molecular formula is C17H17NO5. The van der Waals surface area contributed by atoms with Crippen LogP contribution in [-0.2, 0) is 19.1 Å². The van der Waals surface area contributed by atoms with Crippen molar-refractivity contribution in [2.45, 2.75) is 11.7 Å². The molecule has 0 saturated carbocycles. The fraction of sp³-hybridized carbons (Fsp3) is 0.412. The van der Waals surface area contributed by atoms with Crippen LogP contribution in [0.15, 0.2) is 36.4 Å². The third-order valence-corrected chi connectivity index (χ3v) is 4.95. The first-order valence-electron chi connectivity index (χ1n) is 7.51. The number of hydrogen-bond acceptors (Lipinski definition) is 5. The number of anilines is 1. The smallest absolute Gasteiger partial charge is 0.312 e. The molecule has 3 aliphatic heterocycles. The van der Waals surface area contributed by atoms with Crippen molar-refractivity contribution >= 4 is 17.6 Å². The first kappa shape index (κ1) is 14.3. The fourth-order valence-electron chi connectivity index (χ4n) is 3.96. The third-order valence-electron chi connectivity index (χ3n) is 4.95. The molecule has 0 radical (unpaired) electrons. The van der Waals surface area contributed by atoms with Gasteiger partial charge in [0.05, 0.1) is 38.5 Å². The van der Waals surface area contributed by atoms with Crippen LogP contribution in [0.25, 0.3) is 0 Å². The zero-order valence-corrected chi connectivity index (χ0v) is 12.9. The maximum Gasteiger partial charge on any atom is 0.312 e. The summed E-state index contributed by atoms with van der Waals surface area (Å²) in [5.74, 6) is -1.05. The van der Waals surface area contributed by atoms with Gasteiger partial charge in [0.15, 0.2) is 0 Å². The van der Waals surface area contributed by atoms with Crippen LogP contribution in [-0.4, -0.2) is 44.3 Å². The van der Waals surface area contributed by atoms with Gasteiger partial charge in [-0.1, -0.05) is 24.3 Å². The Morgan fingerprint density at radius 3 is 2.87 bits per heavy atom. The number of amides is 1. The van der Waals surface area contributed by atoms with Gasteiger partial charge in [-0.3, -0.25) is 9.59 Å². The molecule has 0 N–H and O–H groups in total. The number of fused-ring (bicyclic) bond motifs is 1. The van der Waals surface area contributed by atoms with Crippen LogP contribution < -0.4 is 9.64 Å². The van der Waals surface area contributed by atoms with Crippen molar-refractivity contribution < 1.29 is 23.8 Å². The number of para-hydroxylation sites is 2. The predicted molar refractivity (Wildman–Crippen MR) is 81.1 cm³/mol. The maximum atomic E-state index is 13.0. The molecular weight excluding hydrogens is 298 g/mol. The topological polar surface area (TPSA) is 65.1 Å². The van der Waals surface area contributed by atoms with E-state index in [0.29, 0.717) is 18.0 Å². The minimum Gasteiger partial charge on any atom is -0.495 e. The number of carbonyl (C=O) groups excluding carboxylic acids is 2. The average molecular weight is 315 g/mol. The summed E-state index contributed by atoms with van der Waals surface area (Å²) in [6.45, 7) is 0.372. The summed E-state index contributed by atoms with van der Waals surface area (Å²) < 4.78 is 16.2. The van der Waals surface area contributed by atoms with E-state index in [-0.39, 0.29) is 12.0 Å². The van der Waals surface area contributed by atoms with E-state index in [2.05, 4.69) is 0 Å². The minimum atomic E-state index is -0.749. The molecule has 4 unspecified atom stereocenters. The van der Waals surface area contributed by atoms with Crippen molar-refractivity contribution in [2.24, 2.45) is 11.8 Å². The van der Waals surface area contributed by atoms with Gasteiger partial charge in [-0.25, -0.2) is 0 Å². The molecule has 1 aromatic rings. The van der Waals surface area contributed by atoms with E-state index in [0.717, 1.165) is 0 Å². The molecule has 6 nitrogen and oxygen atoms in total. The van der Waals surface area contributed by atoms with Crippen molar-refractivity contribution in [2.75, 3.05) is 25.7 Å². The summed E-state index contributed by atoms with van der Waals surface area (Å²) in [6.07, 6.45) is 3.39. The Morgan fingerprint density at radius 2 is 2.13 bits per heavy atom. The number of rotatable bonds is 3. The van der Waals surface area contributed by atoms with E-state index in [9.17, 15) is 9.59 Å². The summed E-state index contributed by atoms with van der Waals surface area (Å²) in [6, 6.07) is 7.34. The molecule has 2 fully saturated rings. The number of ether oxygens (including phenoxy) is 3. The zero-order valence-electron chi connectivity index (χ0n) is 12.9. The summed E-state index contributed by atoms with van der Waals surface area (Å²) >= 11 is 0. The standard InChI is InChI=1S/C17H17NO5/c1-21-11-6-4-3-5-10(11)18-9-17-8-7-12(23-17)13(16(20)22-2)14(17)15(18)19/h3-8,12-14H,9H2,1-2H3. The number of hydrogen-bond donors (Lipinski definition) is 0. The second-order valence-electron chi connectivity index (χ2n) is 6.02. The lowest BCUT2D eigenvalue weighted by molar-refractivity contribution is -0.149. The van der Waals surface area contributed by atoms with Gasteiger partial charge in [-0.05, 0) is 12.1 Å². The highest BCUT2D eigenvalue weighted by molar-refractivity contribution is 6.03. The molecule has 0 aliphatic carbocycles. The number of nitrogens with zero attached hydrogens (tertiary/aromatic N) is 1. The van der Waals surface area contributed by atoms with Crippen molar-refractivity contribution in [1.29, 1.82) is 0 Å². The second-order valence-corrected chi connectivity index (χ2v) is 6.02. The molecule has 4 atom stereocenters. The predicted octanol–water partition coefficient (Wildman–Crippen LogP) is 1.15. The summed E-state index contributed by atoms with van der Waals surface area (Å²) in [4.78, 5) is 26.8. The fourth-order valence-corrected chi connectivity index (χ4v) is 3.96. The van der Waals surface area contributed by atoms with Crippen LogP contribution in [0.1, 0.15) is 0 Å². The number of benzene rings is 1. The molecule has 1 aromatic carbocycles. The lowest BCUT2D eigenvalue weighted by Gasteiger charge is -2.22. The average Bonchev–Trinajstić information content (AvgIpc) is 3.22. The van der Waals surface area contributed by atoms with Crippen LogP contribution in [0.5, 0.6) is 5.75 Å². The van der Waals surface area contributed by atoms with E-state index >= 15 is 0 Å². The lowest BCUT2D eigenvalue weighted by Crippen LogP contribution is -2.39. The quantitative estimate of drug-likeness (QED) is 0.618. The molecule has 120 valence electrons. The van der Waals surface area contributed by atoms with E-state index in [1.54, 1.807) is 18.1 Å². The molecule has 2 bridgehead atoms. The largest absolute Gasteiger partial charge is 0.495 e. The third kappa shape index (κ3) is 1.78. The molecule has 2 saturated heterocycles. The lowest BCUT2D eigenvalue weighted by atomic mass is 9.77. The van der Waals surface area contributed by atoms with E-state index in [4.69, 9.17) is 14.2 Å². The summed E-state index contributed by atoms with van der Waals surface area (Å²) in [5.41, 5.74) is -0.0607. The first-order chi connectivity index (χ1) is 11.1. The molecule has 4 rings (SSSR count). The van der Waals surface area contributed by atoms with Crippen LogP contribution >= 0.6 is 0 Å². The number of methoxy groups -OCH3 is 2. The Hall–Kier alpha value is -2.34. The van der Waals surface area contributed by atoms with Crippen LogP contribution in [0.4, 0.5) is 5.69 Å². The van der Waals surface area contributed by atoms with Gasteiger partial charge in [0.2, 0.25) is 5.91 Å². The molecule has 3 heterocycles. The van der Waals surface area contributed by atoms with Gasteiger partial charge in [0.1, 0.15) is 17.3 Å². The van der Waals surface area contributed by atoms with E-state index in [1.165, 1.54) is 7.11 Å². The SMILES string of the molecule is COC(=O)C1C2C=CC3(CN(c4ccccc4OC)C(=O)C13)O2. The minimum absolute atomic E-state index is 0.128. The van der Waals surface area contributed by atoms with Gasteiger partial charge in [0.25, 0.3) is 0 Å². The van der Waals surface area contributed by atoms with Crippen molar-refractivity contribution in [3.05, 3.63) is 36.4 Å². The highest BCUT2D eigenvalue weighted by atomic mass is 16.5. The molecule has 3 aliphatic rings. The van der Waals surface area contributed by atoms with Gasteiger partial charge >= 0.3 is 5.97 Å². The Labute approximate surface area is 133 Å². The highest BCUT2D eigenvalue weighted by Crippen LogP contribution is 2.53.